The fourth-order valence-electron chi connectivity index (χ4n) is 2.79. The van der Waals surface area contributed by atoms with Gasteiger partial charge in [0.1, 0.15) is 0 Å². The highest BCUT2D eigenvalue weighted by molar-refractivity contribution is 5.70. The first-order valence-electron chi connectivity index (χ1n) is 8.95. The number of ether oxygens (including phenoxy) is 1. The molecule has 0 saturated carbocycles. The van der Waals surface area contributed by atoms with E-state index >= 15 is 0 Å². The molecule has 1 unspecified atom stereocenters. The van der Waals surface area contributed by atoms with Crippen molar-refractivity contribution in [3.8, 4) is 5.75 Å². The highest BCUT2D eigenvalue weighted by atomic mass is 16.6. The molecule has 1 heterocycles. The number of nitrogens with one attached hydrogen (secondary N) is 1. The molecule has 1 atom stereocenters. The van der Waals surface area contributed by atoms with Crippen molar-refractivity contribution in [1.82, 2.24) is 14.9 Å². The number of amides is 1. The van der Waals surface area contributed by atoms with E-state index in [2.05, 4.69) is 46.5 Å². The maximum atomic E-state index is 11.8. The van der Waals surface area contributed by atoms with Crippen LogP contribution in [0.25, 0.3) is 0 Å². The standard InChI is InChI=1S/C20H28N4O2/c1-6-10-17(16-11-8-7-9-12-16)13-21-19-22-14(2)18(15(3)23-19)26-20(25)24(4)5/h7-9,11-12,17H,6,10,13H2,1-5H3,(H,21,22,23). The van der Waals surface area contributed by atoms with Crippen LogP contribution in [0, 0.1) is 13.8 Å². The minimum absolute atomic E-state index is 0.400. The summed E-state index contributed by atoms with van der Waals surface area (Å²) >= 11 is 0. The summed E-state index contributed by atoms with van der Waals surface area (Å²) < 4.78 is 5.36. The quantitative estimate of drug-likeness (QED) is 0.807. The fourth-order valence-corrected chi connectivity index (χ4v) is 2.79. The van der Waals surface area contributed by atoms with Gasteiger partial charge in [0.25, 0.3) is 0 Å². The minimum atomic E-state index is -0.437. The van der Waals surface area contributed by atoms with E-state index in [-0.39, 0.29) is 0 Å². The number of benzene rings is 1. The van der Waals surface area contributed by atoms with Gasteiger partial charge in [-0.25, -0.2) is 14.8 Å². The number of aryl methyl sites for hydroxylation is 2. The van der Waals surface area contributed by atoms with Crippen LogP contribution in [0.15, 0.2) is 30.3 Å². The third kappa shape index (κ3) is 5.18. The van der Waals surface area contributed by atoms with E-state index in [1.807, 2.05) is 19.9 Å². The zero-order valence-electron chi connectivity index (χ0n) is 16.2. The highest BCUT2D eigenvalue weighted by Crippen LogP contribution is 2.24. The molecular formula is C20H28N4O2. The molecule has 1 amide bonds. The molecule has 0 spiro atoms. The molecule has 1 aromatic carbocycles. The summed E-state index contributed by atoms with van der Waals surface area (Å²) in [6.07, 6.45) is 1.76. The van der Waals surface area contributed by atoms with Crippen LogP contribution in [0.2, 0.25) is 0 Å². The van der Waals surface area contributed by atoms with Gasteiger partial charge in [0, 0.05) is 26.6 Å². The summed E-state index contributed by atoms with van der Waals surface area (Å²) in [6.45, 7) is 6.58. The molecule has 0 fully saturated rings. The summed E-state index contributed by atoms with van der Waals surface area (Å²) in [5, 5.41) is 3.34. The Morgan fingerprint density at radius 3 is 2.31 bits per heavy atom. The third-order valence-corrected chi connectivity index (χ3v) is 4.17. The molecule has 2 aromatic rings. The molecule has 0 aliphatic heterocycles. The maximum absolute atomic E-state index is 11.8. The second-order valence-corrected chi connectivity index (χ2v) is 6.59. The molecule has 6 heteroatoms. The Morgan fingerprint density at radius 2 is 1.77 bits per heavy atom. The van der Waals surface area contributed by atoms with Crippen molar-refractivity contribution in [2.75, 3.05) is 26.0 Å². The zero-order valence-corrected chi connectivity index (χ0v) is 16.2. The number of aromatic nitrogens is 2. The molecule has 1 aromatic heterocycles. The smallest absolute Gasteiger partial charge is 0.406 e. The SMILES string of the molecule is CCCC(CNc1nc(C)c(OC(=O)N(C)C)c(C)n1)c1ccccc1. The van der Waals surface area contributed by atoms with Crippen LogP contribution < -0.4 is 10.1 Å². The predicted molar refractivity (Wildman–Crippen MR) is 104 cm³/mol. The monoisotopic (exact) mass is 356 g/mol. The van der Waals surface area contributed by atoms with Crippen molar-refractivity contribution >= 4 is 12.0 Å². The summed E-state index contributed by atoms with van der Waals surface area (Å²) in [5.41, 5.74) is 2.59. The van der Waals surface area contributed by atoms with Crippen molar-refractivity contribution in [1.29, 1.82) is 0 Å². The normalized spacial score (nSPS) is 11.7. The Labute approximate surface area is 155 Å². The summed E-state index contributed by atoms with van der Waals surface area (Å²) in [6, 6.07) is 10.5. The topological polar surface area (TPSA) is 67.4 Å². The molecule has 1 N–H and O–H groups in total. The fraction of sp³-hybridized carbons (Fsp3) is 0.450. The van der Waals surface area contributed by atoms with Gasteiger partial charge in [0.2, 0.25) is 5.95 Å². The van der Waals surface area contributed by atoms with E-state index in [9.17, 15) is 4.79 Å². The first kappa shape index (κ1) is 19.7. The molecule has 0 saturated heterocycles. The van der Waals surface area contributed by atoms with Crippen LogP contribution in [-0.4, -0.2) is 41.6 Å². The van der Waals surface area contributed by atoms with E-state index in [0.29, 0.717) is 29.0 Å². The van der Waals surface area contributed by atoms with Gasteiger partial charge in [0.15, 0.2) is 5.75 Å². The van der Waals surface area contributed by atoms with E-state index in [1.165, 1.54) is 10.5 Å². The maximum Gasteiger partial charge on any atom is 0.414 e. The molecule has 26 heavy (non-hydrogen) atoms. The number of rotatable bonds is 7. The van der Waals surface area contributed by atoms with Gasteiger partial charge in [0.05, 0.1) is 11.4 Å². The van der Waals surface area contributed by atoms with Gasteiger partial charge in [-0.3, -0.25) is 0 Å². The molecule has 0 radical (unpaired) electrons. The van der Waals surface area contributed by atoms with Gasteiger partial charge >= 0.3 is 6.09 Å². The third-order valence-electron chi connectivity index (χ3n) is 4.17. The molecule has 0 bridgehead atoms. The highest BCUT2D eigenvalue weighted by Gasteiger charge is 2.16. The molecule has 2 rings (SSSR count). The molecule has 6 nitrogen and oxygen atoms in total. The Bertz CT molecular complexity index is 709. The first-order chi connectivity index (χ1) is 12.4. The van der Waals surface area contributed by atoms with Crippen molar-refractivity contribution in [2.24, 2.45) is 0 Å². The Hall–Kier alpha value is -2.63. The number of hydrogen-bond acceptors (Lipinski definition) is 5. The number of anilines is 1. The van der Waals surface area contributed by atoms with Gasteiger partial charge in [-0.2, -0.15) is 0 Å². The first-order valence-corrected chi connectivity index (χ1v) is 8.95. The lowest BCUT2D eigenvalue weighted by atomic mass is 9.94. The number of carbonyl (C=O) groups excluding carboxylic acids is 1. The molecule has 0 aliphatic rings. The average molecular weight is 356 g/mol. The number of nitrogens with zero attached hydrogens (tertiary/aromatic N) is 3. The lowest BCUT2D eigenvalue weighted by Crippen LogP contribution is -2.26. The largest absolute Gasteiger partial charge is 0.414 e. The second kappa shape index (κ2) is 9.17. The van der Waals surface area contributed by atoms with Crippen LogP contribution in [0.1, 0.15) is 42.6 Å². The summed E-state index contributed by atoms with van der Waals surface area (Å²) in [5.74, 6) is 1.38. The van der Waals surface area contributed by atoms with Crippen molar-refractivity contribution < 1.29 is 9.53 Å². The van der Waals surface area contributed by atoms with Crippen LogP contribution >= 0.6 is 0 Å². The van der Waals surface area contributed by atoms with Crippen LogP contribution in [0.5, 0.6) is 5.75 Å². The van der Waals surface area contributed by atoms with Crippen molar-refractivity contribution in [2.45, 2.75) is 39.5 Å². The van der Waals surface area contributed by atoms with Gasteiger partial charge in [-0.15, -0.1) is 0 Å². The van der Waals surface area contributed by atoms with E-state index in [0.717, 1.165) is 19.4 Å². The van der Waals surface area contributed by atoms with Gasteiger partial charge < -0.3 is 15.0 Å². The van der Waals surface area contributed by atoms with Crippen molar-refractivity contribution in [3.05, 3.63) is 47.3 Å². The van der Waals surface area contributed by atoms with Gasteiger partial charge in [-0.05, 0) is 25.8 Å². The Kier molecular flexibility index (Phi) is 6.95. The summed E-state index contributed by atoms with van der Waals surface area (Å²) in [7, 11) is 3.28. The lowest BCUT2D eigenvalue weighted by molar-refractivity contribution is 0.171. The van der Waals surface area contributed by atoms with Crippen molar-refractivity contribution in [3.63, 3.8) is 0 Å². The van der Waals surface area contributed by atoms with Gasteiger partial charge in [-0.1, -0.05) is 43.7 Å². The van der Waals surface area contributed by atoms with E-state index in [1.54, 1.807) is 14.1 Å². The van der Waals surface area contributed by atoms with Crippen LogP contribution in [-0.2, 0) is 0 Å². The number of carbonyl (C=O) groups is 1. The van der Waals surface area contributed by atoms with E-state index < -0.39 is 6.09 Å². The lowest BCUT2D eigenvalue weighted by Gasteiger charge is -2.18. The zero-order chi connectivity index (χ0) is 19.1. The minimum Gasteiger partial charge on any atom is -0.406 e. The molecular weight excluding hydrogens is 328 g/mol. The van der Waals surface area contributed by atoms with Crippen LogP contribution in [0.3, 0.4) is 0 Å². The Morgan fingerprint density at radius 1 is 1.15 bits per heavy atom. The number of hydrogen-bond donors (Lipinski definition) is 1. The Balaban J connectivity index is 2.10. The van der Waals surface area contributed by atoms with E-state index in [4.69, 9.17) is 4.74 Å². The molecule has 0 aliphatic carbocycles. The average Bonchev–Trinajstić information content (AvgIpc) is 2.62. The molecule has 140 valence electrons. The second-order valence-electron chi connectivity index (χ2n) is 6.59. The predicted octanol–water partition coefficient (Wildman–Crippen LogP) is 4.15. The van der Waals surface area contributed by atoms with Crippen LogP contribution in [0.4, 0.5) is 10.7 Å². The summed E-state index contributed by atoms with van der Waals surface area (Å²) in [4.78, 5) is 22.1.